The van der Waals surface area contributed by atoms with Gasteiger partial charge in [0.05, 0.1) is 37.1 Å². The molecular weight excluding hydrogens is 1020 g/mol. The summed E-state index contributed by atoms with van der Waals surface area (Å²) in [4.78, 5) is 27.8. The van der Waals surface area contributed by atoms with Crippen LogP contribution in [0.25, 0.3) is 66.8 Å². The van der Waals surface area contributed by atoms with E-state index in [2.05, 4.69) is 27.3 Å². The van der Waals surface area contributed by atoms with Gasteiger partial charge in [0, 0.05) is 52.2 Å². The summed E-state index contributed by atoms with van der Waals surface area (Å²) in [5.41, 5.74) is 5.37. The molecule has 0 saturated heterocycles. The van der Waals surface area contributed by atoms with Crippen molar-refractivity contribution in [3.8, 4) is 44.9 Å². The van der Waals surface area contributed by atoms with Crippen molar-refractivity contribution in [2.75, 3.05) is 46.7 Å². The van der Waals surface area contributed by atoms with Crippen LogP contribution in [0.4, 0.5) is 20.2 Å². The molecule has 0 saturated carbocycles. The lowest BCUT2D eigenvalue weighted by Gasteiger charge is -2.20. The van der Waals surface area contributed by atoms with Gasteiger partial charge >= 0.3 is 11.9 Å². The number of halogens is 3. The molecule has 1 N–H and O–H groups in total. The number of esters is 2. The number of nitrogens with one attached hydrogen (secondary N) is 1. The van der Waals surface area contributed by atoms with Crippen molar-refractivity contribution in [2.24, 2.45) is 0 Å². The van der Waals surface area contributed by atoms with Gasteiger partial charge in [-0.05, 0) is 90.6 Å². The number of anilines is 2. The van der Waals surface area contributed by atoms with Crippen LogP contribution in [-0.2, 0) is 29.5 Å². The van der Waals surface area contributed by atoms with Crippen LogP contribution in [0.15, 0.2) is 142 Å². The molecule has 12 nitrogen and oxygen atoms in total. The lowest BCUT2D eigenvalue weighted by atomic mass is 9.99. The van der Waals surface area contributed by atoms with E-state index in [0.29, 0.717) is 55.6 Å². The van der Waals surface area contributed by atoms with Gasteiger partial charge in [0.1, 0.15) is 45.4 Å². The van der Waals surface area contributed by atoms with Crippen LogP contribution in [0.2, 0.25) is 0 Å². The molecule has 17 heteroatoms. The van der Waals surface area contributed by atoms with E-state index in [1.165, 1.54) is 66.0 Å². The number of sulfonamides is 2. The molecule has 0 fully saturated rings. The molecule has 0 aliphatic heterocycles. The molecule has 0 unspecified atom stereocenters. The number of rotatable bonds is 12. The maximum absolute atomic E-state index is 13.5. The highest BCUT2D eigenvalue weighted by Crippen LogP contribution is 2.43. The minimum atomic E-state index is -3.59. The summed E-state index contributed by atoms with van der Waals surface area (Å²) in [6.07, 6.45) is 2.17. The highest BCUT2D eigenvalue weighted by molar-refractivity contribution is 14.1. The van der Waals surface area contributed by atoms with E-state index < -0.39 is 43.6 Å². The molecule has 2 heterocycles. The first-order valence-corrected chi connectivity index (χ1v) is 26.3. The third kappa shape index (κ3) is 11.5. The number of carbonyl (C=O) groups is 2. The molecule has 0 aliphatic rings. The van der Waals surface area contributed by atoms with Crippen LogP contribution in [0.3, 0.4) is 0 Å². The van der Waals surface area contributed by atoms with E-state index in [0.717, 1.165) is 23.6 Å². The van der Waals surface area contributed by atoms with Gasteiger partial charge in [0.25, 0.3) is 0 Å². The zero-order valence-corrected chi connectivity index (χ0v) is 40.9. The van der Waals surface area contributed by atoms with Crippen LogP contribution in [-0.4, -0.2) is 66.5 Å². The van der Waals surface area contributed by atoms with Crippen molar-refractivity contribution in [3.63, 3.8) is 0 Å². The number of fused-ring (bicyclic) bond motifs is 2. The first-order chi connectivity index (χ1) is 32.0. The summed E-state index contributed by atoms with van der Waals surface area (Å²) < 4.78 is 102. The van der Waals surface area contributed by atoms with Gasteiger partial charge in [-0.25, -0.2) is 35.2 Å². The smallest absolute Gasteiger partial charge is 0.342 e. The zero-order valence-electron chi connectivity index (χ0n) is 37.1. The molecule has 8 rings (SSSR count). The minimum absolute atomic E-state index is 0.160. The van der Waals surface area contributed by atoms with Gasteiger partial charge < -0.3 is 18.3 Å². The predicted octanol–water partition coefficient (Wildman–Crippen LogP) is 12.0. The van der Waals surface area contributed by atoms with Crippen LogP contribution in [0.1, 0.15) is 34.6 Å². The van der Waals surface area contributed by atoms with Gasteiger partial charge in [0.15, 0.2) is 0 Å². The zero-order chi connectivity index (χ0) is 48.6. The van der Waals surface area contributed by atoms with E-state index in [4.69, 9.17) is 18.3 Å². The number of hydrogen-bond donors (Lipinski definition) is 1. The Kier molecular flexibility index (Phi) is 15.9. The quantitative estimate of drug-likeness (QED) is 0.0708. The molecular formula is C50H45F2IN2O10S2. The molecule has 0 aliphatic carbocycles. The fraction of sp³-hybridized carbons (Fsp3) is 0.160. The summed E-state index contributed by atoms with van der Waals surface area (Å²) in [6, 6.07) is 36.1. The highest BCUT2D eigenvalue weighted by atomic mass is 127. The van der Waals surface area contributed by atoms with E-state index in [9.17, 15) is 35.2 Å². The summed E-state index contributed by atoms with van der Waals surface area (Å²) in [5, 5.41) is 0.929. The third-order valence-electron chi connectivity index (χ3n) is 10.1. The van der Waals surface area contributed by atoms with Crippen molar-refractivity contribution >= 4 is 87.9 Å². The Morgan fingerprint density at radius 3 is 1.40 bits per heavy atom. The van der Waals surface area contributed by atoms with Crippen molar-refractivity contribution in [3.05, 3.63) is 156 Å². The molecule has 67 heavy (non-hydrogen) atoms. The number of hydrogen-bond acceptors (Lipinski definition) is 10. The molecule has 0 atom stereocenters. The fourth-order valence-electron chi connectivity index (χ4n) is 7.12. The number of carbonyl (C=O) groups excluding carboxylic acids is 2. The summed E-state index contributed by atoms with van der Waals surface area (Å²) in [7, 11) is -5.71. The van der Waals surface area contributed by atoms with Crippen LogP contribution in [0, 0.1) is 11.6 Å². The highest BCUT2D eigenvalue weighted by Gasteiger charge is 2.28. The molecule has 8 aromatic rings. The van der Waals surface area contributed by atoms with E-state index in [1.807, 2.05) is 65.6 Å². The second kappa shape index (κ2) is 21.4. The number of alkyl halides is 1. The average molecular weight is 1060 g/mol. The number of ether oxygens (including phenoxy) is 2. The molecule has 0 radical (unpaired) electrons. The molecule has 0 spiro atoms. The summed E-state index contributed by atoms with van der Waals surface area (Å²) >= 11 is 2.15. The molecule has 348 valence electrons. The minimum Gasteiger partial charge on any atom is -0.462 e. The number of furan rings is 2. The largest absolute Gasteiger partial charge is 0.462 e. The Hall–Kier alpha value is -6.57. The van der Waals surface area contributed by atoms with Gasteiger partial charge in [-0.1, -0.05) is 83.3 Å². The van der Waals surface area contributed by atoms with Crippen LogP contribution >= 0.6 is 22.6 Å². The second-order valence-corrected chi connectivity index (χ2v) is 18.4. The maximum Gasteiger partial charge on any atom is 0.342 e. The van der Waals surface area contributed by atoms with E-state index in [1.54, 1.807) is 32.0 Å². The Morgan fingerprint density at radius 1 is 0.597 bits per heavy atom. The molecule has 0 bridgehead atoms. The first kappa shape index (κ1) is 49.9. The SMILES string of the molecule is CCOC(=O)c1c(-c2ccc(F)cc2)oc2cc(N(C)S(C)(=O)=O)c(-c3ccccc3)cc12.CCOC(=O)c1c(-c2ccc(F)cc2)oc2cc(NS(C)(=O)=O)c(-c3ccccc3)cc12.CI. The fourth-order valence-corrected chi connectivity index (χ4v) is 8.20. The Morgan fingerprint density at radius 2 is 1.00 bits per heavy atom. The van der Waals surface area contributed by atoms with Crippen molar-refractivity contribution in [1.82, 2.24) is 0 Å². The summed E-state index contributed by atoms with van der Waals surface area (Å²) in [6.45, 7) is 3.72. The Balaban J connectivity index is 0.000000213. The Labute approximate surface area is 400 Å². The topological polar surface area (TPSA) is 162 Å². The average Bonchev–Trinajstić information content (AvgIpc) is 3.87. The molecule has 6 aromatic carbocycles. The lowest BCUT2D eigenvalue weighted by Crippen LogP contribution is -2.25. The molecule has 0 amide bonds. The Bertz CT molecular complexity index is 3270. The third-order valence-corrected chi connectivity index (χ3v) is 11.9. The van der Waals surface area contributed by atoms with Gasteiger partial charge in [0.2, 0.25) is 20.0 Å². The van der Waals surface area contributed by atoms with Crippen molar-refractivity contribution in [2.45, 2.75) is 13.8 Å². The van der Waals surface area contributed by atoms with E-state index in [-0.39, 0.29) is 35.9 Å². The standard InChI is InChI=1S/C25H22FNO5S.C24H20FNO5S.CH3I/c1-4-31-25(28)23-20-14-19(16-8-6-5-7-9-16)21(27(2)33(3,29)30)15-22(20)32-24(23)17-10-12-18(26)13-11-17;1-3-30-24(27)22-19-13-18(15-7-5-4-6-8-15)20(26-32(2,28)29)14-21(19)31-23(22)16-9-11-17(25)12-10-16;1-2/h5-15H,4H2,1-3H3;4-14,26H,3H2,1-2H3;1H3. The van der Waals surface area contributed by atoms with E-state index >= 15 is 0 Å². The van der Waals surface area contributed by atoms with Gasteiger partial charge in [-0.15, -0.1) is 0 Å². The van der Waals surface area contributed by atoms with Gasteiger partial charge in [-0.3, -0.25) is 9.03 Å². The number of nitrogens with zero attached hydrogens (tertiary/aromatic N) is 1. The van der Waals surface area contributed by atoms with Crippen LogP contribution < -0.4 is 9.03 Å². The normalized spacial score (nSPS) is 11.2. The summed E-state index contributed by atoms with van der Waals surface area (Å²) in [5.74, 6) is -1.58. The lowest BCUT2D eigenvalue weighted by molar-refractivity contribution is 0.0519. The van der Waals surface area contributed by atoms with Crippen molar-refractivity contribution < 1.29 is 53.5 Å². The number of benzene rings is 6. The van der Waals surface area contributed by atoms with Crippen molar-refractivity contribution in [1.29, 1.82) is 0 Å². The van der Waals surface area contributed by atoms with Crippen LogP contribution in [0.5, 0.6) is 0 Å². The molecule has 2 aromatic heterocycles. The first-order valence-electron chi connectivity index (χ1n) is 20.4. The van der Waals surface area contributed by atoms with Gasteiger partial charge in [-0.2, -0.15) is 0 Å². The monoisotopic (exact) mass is 1060 g/mol. The second-order valence-electron chi connectivity index (χ2n) is 14.7. The maximum atomic E-state index is 13.5. The predicted molar refractivity (Wildman–Crippen MR) is 268 cm³/mol.